The Balaban J connectivity index is 0.00000225. The lowest BCUT2D eigenvalue weighted by Gasteiger charge is -2.08. The van der Waals surface area contributed by atoms with Crippen LogP contribution in [0.25, 0.3) is 0 Å². The number of hydrogen-bond acceptors (Lipinski definition) is 3. The van der Waals surface area contributed by atoms with E-state index in [9.17, 15) is 8.42 Å². The first-order chi connectivity index (χ1) is 7.02. The van der Waals surface area contributed by atoms with Crippen LogP contribution >= 0.6 is 12.4 Å². The average molecular weight is 264 g/mol. The van der Waals surface area contributed by atoms with Gasteiger partial charge >= 0.3 is 0 Å². The van der Waals surface area contributed by atoms with Gasteiger partial charge in [-0.2, -0.15) is 0 Å². The highest BCUT2D eigenvalue weighted by atomic mass is 35.5. The van der Waals surface area contributed by atoms with E-state index in [0.717, 1.165) is 0 Å². The number of rotatable bonds is 5. The van der Waals surface area contributed by atoms with E-state index in [-0.39, 0.29) is 18.2 Å². The zero-order valence-corrected chi connectivity index (χ0v) is 11.1. The van der Waals surface area contributed by atoms with Gasteiger partial charge in [-0.3, -0.25) is 0 Å². The van der Waals surface area contributed by atoms with E-state index < -0.39 is 9.84 Å². The summed E-state index contributed by atoms with van der Waals surface area (Å²) < 4.78 is 23.5. The van der Waals surface area contributed by atoms with Gasteiger partial charge < -0.3 is 5.32 Å². The monoisotopic (exact) mass is 263 g/mol. The van der Waals surface area contributed by atoms with Crippen molar-refractivity contribution < 1.29 is 8.42 Å². The third-order valence-corrected chi connectivity index (χ3v) is 3.76. The van der Waals surface area contributed by atoms with Gasteiger partial charge in [0.05, 0.1) is 10.6 Å². The minimum atomic E-state index is -3.12. The van der Waals surface area contributed by atoms with Crippen LogP contribution < -0.4 is 5.32 Å². The molecular formula is C11H18ClNO2S. The molecule has 3 nitrogen and oxygen atoms in total. The molecule has 1 rings (SSSR count). The van der Waals surface area contributed by atoms with Crippen LogP contribution in [0.3, 0.4) is 0 Å². The maximum Gasteiger partial charge on any atom is 0.179 e. The Morgan fingerprint density at radius 3 is 2.25 bits per heavy atom. The summed E-state index contributed by atoms with van der Waals surface area (Å²) in [7, 11) is -3.12. The van der Waals surface area contributed by atoms with E-state index in [4.69, 9.17) is 0 Å². The molecule has 0 aliphatic carbocycles. The standard InChI is InChI=1S/C11H17NO2S.ClH/c1-10(2)12-8-9-15(13,14)11-6-4-3-5-7-11;/h3-7,10,12H,8-9H2,1-2H3;1H. The van der Waals surface area contributed by atoms with Crippen molar-refractivity contribution >= 4 is 22.2 Å². The first-order valence-corrected chi connectivity index (χ1v) is 6.69. The Bertz CT molecular complexity index is 390. The second-order valence-electron chi connectivity index (χ2n) is 3.74. The van der Waals surface area contributed by atoms with E-state index >= 15 is 0 Å². The molecule has 0 radical (unpaired) electrons. The molecule has 0 heterocycles. The molecule has 0 atom stereocenters. The van der Waals surface area contributed by atoms with E-state index in [0.29, 0.717) is 17.5 Å². The number of sulfone groups is 1. The molecule has 0 bridgehead atoms. The van der Waals surface area contributed by atoms with Crippen molar-refractivity contribution in [2.24, 2.45) is 0 Å². The zero-order chi connectivity index (χ0) is 11.3. The lowest BCUT2D eigenvalue weighted by molar-refractivity contribution is 0.578. The van der Waals surface area contributed by atoms with Gasteiger partial charge in [0.25, 0.3) is 0 Å². The van der Waals surface area contributed by atoms with E-state index in [1.54, 1.807) is 24.3 Å². The lowest BCUT2D eigenvalue weighted by atomic mass is 10.4. The molecule has 0 unspecified atom stereocenters. The number of nitrogens with one attached hydrogen (secondary N) is 1. The summed E-state index contributed by atoms with van der Waals surface area (Å²) in [6.07, 6.45) is 0. The molecule has 0 amide bonds. The molecule has 0 saturated carbocycles. The molecule has 1 aromatic carbocycles. The van der Waals surface area contributed by atoms with Crippen molar-refractivity contribution in [2.75, 3.05) is 12.3 Å². The summed E-state index contributed by atoms with van der Waals surface area (Å²) in [4.78, 5) is 0.399. The van der Waals surface area contributed by atoms with Gasteiger partial charge in [0, 0.05) is 12.6 Å². The molecule has 1 N–H and O–H groups in total. The molecule has 1 aromatic rings. The number of halogens is 1. The molecule has 0 aliphatic rings. The Hall–Kier alpha value is -0.580. The van der Waals surface area contributed by atoms with Crippen LogP contribution in [0, 0.1) is 0 Å². The highest BCUT2D eigenvalue weighted by molar-refractivity contribution is 7.91. The van der Waals surface area contributed by atoms with Crippen molar-refractivity contribution in [2.45, 2.75) is 24.8 Å². The molecule has 5 heteroatoms. The van der Waals surface area contributed by atoms with Gasteiger partial charge in [0.2, 0.25) is 0 Å². The zero-order valence-electron chi connectivity index (χ0n) is 9.51. The van der Waals surface area contributed by atoms with Gasteiger partial charge in [0.15, 0.2) is 9.84 Å². The molecule has 0 saturated heterocycles. The van der Waals surface area contributed by atoms with Gasteiger partial charge in [0.1, 0.15) is 0 Å². The van der Waals surface area contributed by atoms with Gasteiger partial charge in [-0.05, 0) is 12.1 Å². The maximum absolute atomic E-state index is 11.8. The predicted molar refractivity (Wildman–Crippen MR) is 68.9 cm³/mol. The molecule has 92 valence electrons. The van der Waals surface area contributed by atoms with E-state index in [1.807, 2.05) is 19.9 Å². The normalized spacial score (nSPS) is 11.2. The summed E-state index contributed by atoms with van der Waals surface area (Å²) in [5, 5.41) is 3.09. The fraction of sp³-hybridized carbons (Fsp3) is 0.455. The second kappa shape index (κ2) is 6.89. The largest absolute Gasteiger partial charge is 0.314 e. The molecular weight excluding hydrogens is 246 g/mol. The fourth-order valence-corrected chi connectivity index (χ4v) is 2.42. The molecule has 0 aromatic heterocycles. The third kappa shape index (κ3) is 4.96. The Labute approximate surface area is 104 Å². The van der Waals surface area contributed by atoms with Crippen molar-refractivity contribution in [1.29, 1.82) is 0 Å². The predicted octanol–water partition coefficient (Wildman–Crippen LogP) is 1.88. The minimum absolute atomic E-state index is 0. The summed E-state index contributed by atoms with van der Waals surface area (Å²) in [6, 6.07) is 8.86. The second-order valence-corrected chi connectivity index (χ2v) is 5.85. The van der Waals surface area contributed by atoms with Crippen molar-refractivity contribution in [1.82, 2.24) is 5.32 Å². The fourth-order valence-electron chi connectivity index (χ4n) is 1.23. The van der Waals surface area contributed by atoms with Crippen molar-refractivity contribution in [3.8, 4) is 0 Å². The number of benzene rings is 1. The first-order valence-electron chi connectivity index (χ1n) is 5.03. The summed E-state index contributed by atoms with van der Waals surface area (Å²) in [5.74, 6) is 0.148. The van der Waals surface area contributed by atoms with E-state index in [2.05, 4.69) is 5.32 Å². The molecule has 0 spiro atoms. The molecule has 0 aliphatic heterocycles. The highest BCUT2D eigenvalue weighted by Crippen LogP contribution is 2.09. The lowest BCUT2D eigenvalue weighted by Crippen LogP contribution is -2.28. The van der Waals surface area contributed by atoms with Crippen molar-refractivity contribution in [3.05, 3.63) is 30.3 Å². The van der Waals surface area contributed by atoms with Gasteiger partial charge in [-0.15, -0.1) is 12.4 Å². The topological polar surface area (TPSA) is 46.2 Å². The Morgan fingerprint density at radius 2 is 1.75 bits per heavy atom. The SMILES string of the molecule is CC(C)NCCS(=O)(=O)c1ccccc1.Cl. The quantitative estimate of drug-likeness (QED) is 0.882. The molecule has 0 fully saturated rings. The summed E-state index contributed by atoms with van der Waals surface area (Å²) >= 11 is 0. The smallest absolute Gasteiger partial charge is 0.179 e. The van der Waals surface area contributed by atoms with Gasteiger partial charge in [-0.1, -0.05) is 32.0 Å². The van der Waals surface area contributed by atoms with Crippen LogP contribution in [0.4, 0.5) is 0 Å². The van der Waals surface area contributed by atoms with Crippen LogP contribution in [0.5, 0.6) is 0 Å². The Morgan fingerprint density at radius 1 is 1.19 bits per heavy atom. The number of hydrogen-bond donors (Lipinski definition) is 1. The highest BCUT2D eigenvalue weighted by Gasteiger charge is 2.12. The Kier molecular flexibility index (Phi) is 6.64. The van der Waals surface area contributed by atoms with E-state index in [1.165, 1.54) is 0 Å². The summed E-state index contributed by atoms with van der Waals surface area (Å²) in [5.41, 5.74) is 0. The third-order valence-electron chi connectivity index (χ3n) is 2.03. The first kappa shape index (κ1) is 15.4. The van der Waals surface area contributed by atoms with Crippen LogP contribution in [0.15, 0.2) is 35.2 Å². The van der Waals surface area contributed by atoms with Crippen LogP contribution in [0.2, 0.25) is 0 Å². The minimum Gasteiger partial charge on any atom is -0.314 e. The van der Waals surface area contributed by atoms with Crippen LogP contribution in [-0.4, -0.2) is 26.8 Å². The molecule has 16 heavy (non-hydrogen) atoms. The van der Waals surface area contributed by atoms with Crippen molar-refractivity contribution in [3.63, 3.8) is 0 Å². The maximum atomic E-state index is 11.8. The average Bonchev–Trinajstić information content (AvgIpc) is 2.18. The van der Waals surface area contributed by atoms with Crippen LogP contribution in [-0.2, 0) is 9.84 Å². The van der Waals surface area contributed by atoms with Crippen LogP contribution in [0.1, 0.15) is 13.8 Å². The summed E-state index contributed by atoms with van der Waals surface area (Å²) in [6.45, 7) is 4.49. The van der Waals surface area contributed by atoms with Gasteiger partial charge in [-0.25, -0.2) is 8.42 Å².